The third-order valence-corrected chi connectivity index (χ3v) is 3.64. The highest BCUT2D eigenvalue weighted by Crippen LogP contribution is 2.16. The summed E-state index contributed by atoms with van der Waals surface area (Å²) in [5.41, 5.74) is 2.88. The molecule has 0 aliphatic carbocycles. The molecule has 0 spiro atoms. The Kier molecular flexibility index (Phi) is 5.40. The molecule has 0 amide bonds. The number of guanidine groups is 1. The van der Waals surface area contributed by atoms with Gasteiger partial charge in [0.2, 0.25) is 0 Å². The fourth-order valence-electron chi connectivity index (χ4n) is 2.37. The van der Waals surface area contributed by atoms with E-state index < -0.39 is 0 Å². The van der Waals surface area contributed by atoms with E-state index in [4.69, 9.17) is 4.52 Å². The number of rotatable bonds is 6. The van der Waals surface area contributed by atoms with Crippen LogP contribution in [-0.4, -0.2) is 32.4 Å². The quantitative estimate of drug-likeness (QED) is 0.527. The first-order valence-electron chi connectivity index (χ1n) is 8.15. The smallest absolute Gasteiger partial charge is 0.192 e. The Hall–Kier alpha value is -3.16. The van der Waals surface area contributed by atoms with E-state index in [-0.39, 0.29) is 6.04 Å². The third kappa shape index (κ3) is 4.43. The standard InChI is InChI=1S/C17H21N7O/c1-3-19-17(20-10-15-7-8-25-23-15)22-13(2)14-5-4-6-16(9-14)24-12-18-11-21-24/h4-9,11-13H,3,10H2,1-2H3,(H2,19,20,22). The molecule has 8 nitrogen and oxygen atoms in total. The van der Waals surface area contributed by atoms with Crippen molar-refractivity contribution in [3.63, 3.8) is 0 Å². The predicted octanol–water partition coefficient (Wildman–Crippen LogP) is 2.07. The van der Waals surface area contributed by atoms with E-state index in [1.54, 1.807) is 23.3 Å². The average Bonchev–Trinajstić information content (AvgIpc) is 3.33. The van der Waals surface area contributed by atoms with Crippen LogP contribution in [0.3, 0.4) is 0 Å². The van der Waals surface area contributed by atoms with Gasteiger partial charge in [0, 0.05) is 12.6 Å². The molecule has 0 saturated carbocycles. The Balaban J connectivity index is 1.71. The fourth-order valence-corrected chi connectivity index (χ4v) is 2.37. The molecule has 1 aromatic carbocycles. The van der Waals surface area contributed by atoms with Crippen molar-refractivity contribution in [3.8, 4) is 5.69 Å². The molecule has 25 heavy (non-hydrogen) atoms. The van der Waals surface area contributed by atoms with Gasteiger partial charge in [-0.3, -0.25) is 0 Å². The zero-order valence-electron chi connectivity index (χ0n) is 14.3. The minimum Gasteiger partial charge on any atom is -0.364 e. The van der Waals surface area contributed by atoms with E-state index in [0.29, 0.717) is 6.54 Å². The Bertz CT molecular complexity index is 796. The third-order valence-electron chi connectivity index (χ3n) is 3.64. The zero-order chi connectivity index (χ0) is 17.5. The molecule has 0 fully saturated rings. The Morgan fingerprint density at radius 2 is 2.28 bits per heavy atom. The summed E-state index contributed by atoms with van der Waals surface area (Å²) in [6.45, 7) is 5.35. The highest BCUT2D eigenvalue weighted by Gasteiger charge is 2.09. The summed E-state index contributed by atoms with van der Waals surface area (Å²) in [4.78, 5) is 8.53. The number of aliphatic imine (C=N–C) groups is 1. The minimum absolute atomic E-state index is 0.0681. The van der Waals surface area contributed by atoms with Crippen molar-refractivity contribution >= 4 is 5.96 Å². The van der Waals surface area contributed by atoms with Crippen molar-refractivity contribution in [2.45, 2.75) is 26.4 Å². The van der Waals surface area contributed by atoms with Gasteiger partial charge >= 0.3 is 0 Å². The van der Waals surface area contributed by atoms with Crippen LogP contribution >= 0.6 is 0 Å². The first-order valence-corrected chi connectivity index (χ1v) is 8.15. The Morgan fingerprint density at radius 1 is 1.36 bits per heavy atom. The molecule has 2 aromatic heterocycles. The Labute approximate surface area is 146 Å². The lowest BCUT2D eigenvalue weighted by Crippen LogP contribution is -2.38. The van der Waals surface area contributed by atoms with Gasteiger partial charge in [0.05, 0.1) is 18.3 Å². The highest BCUT2D eigenvalue weighted by atomic mass is 16.5. The van der Waals surface area contributed by atoms with E-state index in [0.717, 1.165) is 29.4 Å². The number of benzene rings is 1. The van der Waals surface area contributed by atoms with Crippen molar-refractivity contribution in [3.05, 3.63) is 60.5 Å². The second kappa shape index (κ2) is 8.09. The van der Waals surface area contributed by atoms with Crippen LogP contribution in [0.1, 0.15) is 31.1 Å². The normalized spacial score (nSPS) is 12.8. The molecule has 0 aliphatic rings. The molecule has 3 aromatic rings. The summed E-state index contributed by atoms with van der Waals surface area (Å²) in [5, 5.41) is 14.7. The second-order valence-corrected chi connectivity index (χ2v) is 5.49. The van der Waals surface area contributed by atoms with Crippen LogP contribution in [0.25, 0.3) is 5.69 Å². The number of nitrogens with one attached hydrogen (secondary N) is 2. The highest BCUT2D eigenvalue weighted by molar-refractivity contribution is 5.80. The van der Waals surface area contributed by atoms with Crippen molar-refractivity contribution < 1.29 is 4.52 Å². The molecular formula is C17H21N7O. The topological polar surface area (TPSA) is 93.2 Å². The predicted molar refractivity (Wildman–Crippen MR) is 94.2 cm³/mol. The van der Waals surface area contributed by atoms with Gasteiger partial charge < -0.3 is 15.2 Å². The lowest BCUT2D eigenvalue weighted by Gasteiger charge is -2.18. The molecule has 8 heteroatoms. The van der Waals surface area contributed by atoms with Gasteiger partial charge in [-0.25, -0.2) is 14.7 Å². The van der Waals surface area contributed by atoms with Crippen LogP contribution in [0.5, 0.6) is 0 Å². The first kappa shape index (κ1) is 16.7. The van der Waals surface area contributed by atoms with Crippen molar-refractivity contribution in [1.29, 1.82) is 0 Å². The molecule has 3 rings (SSSR count). The van der Waals surface area contributed by atoms with Crippen LogP contribution in [0, 0.1) is 0 Å². The van der Waals surface area contributed by atoms with Gasteiger partial charge in [-0.15, -0.1) is 0 Å². The number of hydrogen-bond donors (Lipinski definition) is 2. The maximum absolute atomic E-state index is 4.83. The van der Waals surface area contributed by atoms with Crippen LogP contribution in [0.2, 0.25) is 0 Å². The van der Waals surface area contributed by atoms with Gasteiger partial charge in [-0.1, -0.05) is 17.3 Å². The van der Waals surface area contributed by atoms with E-state index in [2.05, 4.69) is 49.9 Å². The molecule has 0 saturated heterocycles. The SMILES string of the molecule is CCNC(=NCc1ccon1)NC(C)c1cccc(-n2cncn2)c1. The maximum Gasteiger partial charge on any atom is 0.192 e. The largest absolute Gasteiger partial charge is 0.364 e. The summed E-state index contributed by atoms with van der Waals surface area (Å²) in [7, 11) is 0. The lowest BCUT2D eigenvalue weighted by atomic mass is 10.1. The van der Waals surface area contributed by atoms with Crippen molar-refractivity contribution in [1.82, 2.24) is 30.6 Å². The molecular weight excluding hydrogens is 318 g/mol. The van der Waals surface area contributed by atoms with Crippen LogP contribution in [0.4, 0.5) is 0 Å². The summed E-state index contributed by atoms with van der Waals surface area (Å²) in [5.74, 6) is 0.726. The second-order valence-electron chi connectivity index (χ2n) is 5.49. The number of hydrogen-bond acceptors (Lipinski definition) is 5. The molecule has 0 radical (unpaired) electrons. The van der Waals surface area contributed by atoms with Gasteiger partial charge in [0.25, 0.3) is 0 Å². The van der Waals surface area contributed by atoms with E-state index >= 15 is 0 Å². The molecule has 0 bridgehead atoms. The maximum atomic E-state index is 4.83. The van der Waals surface area contributed by atoms with Gasteiger partial charge in [0.1, 0.15) is 24.6 Å². The molecule has 1 atom stereocenters. The number of nitrogens with zero attached hydrogens (tertiary/aromatic N) is 5. The van der Waals surface area contributed by atoms with Crippen LogP contribution < -0.4 is 10.6 Å². The van der Waals surface area contributed by atoms with Crippen molar-refractivity contribution in [2.24, 2.45) is 4.99 Å². The van der Waals surface area contributed by atoms with E-state index in [1.807, 2.05) is 19.1 Å². The van der Waals surface area contributed by atoms with Gasteiger partial charge in [-0.05, 0) is 31.5 Å². The van der Waals surface area contributed by atoms with Crippen LogP contribution in [0.15, 0.2) is 58.8 Å². The zero-order valence-corrected chi connectivity index (χ0v) is 14.3. The molecule has 2 N–H and O–H groups in total. The van der Waals surface area contributed by atoms with Crippen molar-refractivity contribution in [2.75, 3.05) is 6.54 Å². The first-order chi connectivity index (χ1) is 12.3. The molecule has 1 unspecified atom stereocenters. The monoisotopic (exact) mass is 339 g/mol. The summed E-state index contributed by atoms with van der Waals surface area (Å²) in [6, 6.07) is 10.0. The minimum atomic E-state index is 0.0681. The van der Waals surface area contributed by atoms with E-state index in [9.17, 15) is 0 Å². The summed E-state index contributed by atoms with van der Waals surface area (Å²) >= 11 is 0. The summed E-state index contributed by atoms with van der Waals surface area (Å²) in [6.07, 6.45) is 4.75. The van der Waals surface area contributed by atoms with E-state index in [1.165, 1.54) is 6.33 Å². The molecule has 130 valence electrons. The Morgan fingerprint density at radius 3 is 3.00 bits per heavy atom. The number of aromatic nitrogens is 4. The fraction of sp³-hybridized carbons (Fsp3) is 0.294. The lowest BCUT2D eigenvalue weighted by molar-refractivity contribution is 0.412. The van der Waals surface area contributed by atoms with Gasteiger partial charge in [-0.2, -0.15) is 5.10 Å². The summed E-state index contributed by atoms with van der Waals surface area (Å²) < 4.78 is 6.57. The molecule has 0 aliphatic heterocycles. The van der Waals surface area contributed by atoms with Gasteiger partial charge in [0.15, 0.2) is 5.96 Å². The molecule has 2 heterocycles. The van der Waals surface area contributed by atoms with Crippen LogP contribution in [-0.2, 0) is 6.54 Å². The average molecular weight is 339 g/mol.